The summed E-state index contributed by atoms with van der Waals surface area (Å²) in [6.45, 7) is 4.01. The van der Waals surface area contributed by atoms with Gasteiger partial charge in [0.25, 0.3) is 5.91 Å². The quantitative estimate of drug-likeness (QED) is 0.765. The van der Waals surface area contributed by atoms with Gasteiger partial charge in [0.2, 0.25) is 5.91 Å². The summed E-state index contributed by atoms with van der Waals surface area (Å²) in [4.78, 5) is 23.5. The van der Waals surface area contributed by atoms with Crippen LogP contribution < -0.4 is 10.6 Å². The maximum Gasteiger partial charge on any atom is 0.254 e. The molecule has 0 aliphatic rings. The van der Waals surface area contributed by atoms with Crippen molar-refractivity contribution < 1.29 is 18.7 Å². The molecule has 110 valence electrons. The van der Waals surface area contributed by atoms with E-state index in [2.05, 4.69) is 10.6 Å². The Bertz CT molecular complexity index is 491. The number of methoxy groups -OCH3 is 1. The van der Waals surface area contributed by atoms with Gasteiger partial charge in [0.1, 0.15) is 11.9 Å². The molecule has 1 rings (SSSR count). The Labute approximate surface area is 117 Å². The van der Waals surface area contributed by atoms with Gasteiger partial charge in [-0.25, -0.2) is 4.39 Å². The number of hydrogen-bond acceptors (Lipinski definition) is 3. The number of halogens is 1. The number of aryl methyl sites for hydroxylation is 1. The molecule has 0 bridgehead atoms. The maximum atomic E-state index is 13.6. The van der Waals surface area contributed by atoms with Gasteiger partial charge in [0.15, 0.2) is 0 Å². The second-order valence-electron chi connectivity index (χ2n) is 4.46. The van der Waals surface area contributed by atoms with Crippen molar-refractivity contribution in [3.8, 4) is 0 Å². The Morgan fingerprint density at radius 3 is 2.70 bits per heavy atom. The minimum atomic E-state index is -0.750. The predicted octanol–water partition coefficient (Wildman–Crippen LogP) is 1.02. The number of carbonyl (C=O) groups excluding carboxylic acids is 2. The fourth-order valence-electron chi connectivity index (χ4n) is 1.57. The summed E-state index contributed by atoms with van der Waals surface area (Å²) in [5.74, 6) is -1.56. The van der Waals surface area contributed by atoms with Crippen molar-refractivity contribution in [1.29, 1.82) is 0 Å². The van der Waals surface area contributed by atoms with Gasteiger partial charge in [-0.2, -0.15) is 0 Å². The molecule has 0 saturated carbocycles. The first-order chi connectivity index (χ1) is 9.45. The highest BCUT2D eigenvalue weighted by atomic mass is 19.1. The van der Waals surface area contributed by atoms with Gasteiger partial charge in [-0.1, -0.05) is 6.07 Å². The highest BCUT2D eigenvalue weighted by molar-refractivity contribution is 5.97. The number of amides is 2. The molecule has 0 radical (unpaired) electrons. The van der Waals surface area contributed by atoms with Crippen LogP contribution in [0.2, 0.25) is 0 Å². The van der Waals surface area contributed by atoms with Crippen molar-refractivity contribution in [1.82, 2.24) is 10.6 Å². The van der Waals surface area contributed by atoms with Crippen LogP contribution in [0.15, 0.2) is 18.2 Å². The number of nitrogens with one attached hydrogen (secondary N) is 2. The van der Waals surface area contributed by atoms with Crippen molar-refractivity contribution in [2.24, 2.45) is 0 Å². The molecule has 2 amide bonds. The number of benzene rings is 1. The van der Waals surface area contributed by atoms with Crippen LogP contribution in [0.3, 0.4) is 0 Å². The zero-order valence-electron chi connectivity index (χ0n) is 11.8. The molecule has 1 aromatic rings. The molecule has 1 atom stereocenters. The van der Waals surface area contributed by atoms with E-state index in [0.29, 0.717) is 13.2 Å². The van der Waals surface area contributed by atoms with Crippen LogP contribution in [0.5, 0.6) is 0 Å². The van der Waals surface area contributed by atoms with Crippen LogP contribution >= 0.6 is 0 Å². The molecule has 0 aromatic heterocycles. The smallest absolute Gasteiger partial charge is 0.254 e. The zero-order valence-corrected chi connectivity index (χ0v) is 11.8. The van der Waals surface area contributed by atoms with Crippen LogP contribution in [0, 0.1) is 12.7 Å². The molecule has 0 heterocycles. The summed E-state index contributed by atoms with van der Waals surface area (Å²) in [5, 5.41) is 5.04. The minimum absolute atomic E-state index is 0.0767. The number of rotatable bonds is 6. The third kappa shape index (κ3) is 4.62. The lowest BCUT2D eigenvalue weighted by Gasteiger charge is -2.14. The van der Waals surface area contributed by atoms with E-state index < -0.39 is 17.8 Å². The van der Waals surface area contributed by atoms with E-state index in [0.717, 1.165) is 5.56 Å². The first kappa shape index (κ1) is 16.1. The van der Waals surface area contributed by atoms with Crippen LogP contribution in [0.25, 0.3) is 0 Å². The molecule has 0 fully saturated rings. The van der Waals surface area contributed by atoms with E-state index in [4.69, 9.17) is 4.74 Å². The average molecular weight is 282 g/mol. The lowest BCUT2D eigenvalue weighted by molar-refractivity contribution is -0.122. The highest BCUT2D eigenvalue weighted by Crippen LogP contribution is 2.09. The van der Waals surface area contributed by atoms with Crippen molar-refractivity contribution in [2.75, 3.05) is 20.3 Å². The first-order valence-corrected chi connectivity index (χ1v) is 6.29. The van der Waals surface area contributed by atoms with E-state index in [-0.39, 0.29) is 11.5 Å². The SMILES string of the molecule is COCCNC(=O)C(C)NC(=O)c1ccc(C)cc1F. The minimum Gasteiger partial charge on any atom is -0.383 e. The van der Waals surface area contributed by atoms with Gasteiger partial charge in [-0.3, -0.25) is 9.59 Å². The third-order valence-corrected chi connectivity index (χ3v) is 2.72. The molecule has 0 aliphatic heterocycles. The van der Waals surface area contributed by atoms with Crippen molar-refractivity contribution >= 4 is 11.8 Å². The molecule has 1 aromatic carbocycles. The second-order valence-corrected chi connectivity index (χ2v) is 4.46. The van der Waals surface area contributed by atoms with Crippen molar-refractivity contribution in [2.45, 2.75) is 19.9 Å². The molecule has 0 saturated heterocycles. The standard InChI is InChI=1S/C14H19FN2O3/c1-9-4-5-11(12(15)8-9)14(19)17-10(2)13(18)16-6-7-20-3/h4-5,8,10H,6-7H2,1-3H3,(H,16,18)(H,17,19). The molecular formula is C14H19FN2O3. The topological polar surface area (TPSA) is 67.4 Å². The molecule has 2 N–H and O–H groups in total. The fourth-order valence-corrected chi connectivity index (χ4v) is 1.57. The van der Waals surface area contributed by atoms with Gasteiger partial charge in [-0.15, -0.1) is 0 Å². The van der Waals surface area contributed by atoms with Gasteiger partial charge in [0, 0.05) is 13.7 Å². The fraction of sp³-hybridized carbons (Fsp3) is 0.429. The highest BCUT2D eigenvalue weighted by Gasteiger charge is 2.18. The van der Waals surface area contributed by atoms with Crippen molar-refractivity contribution in [3.05, 3.63) is 35.1 Å². The van der Waals surface area contributed by atoms with Gasteiger partial charge < -0.3 is 15.4 Å². The normalized spacial score (nSPS) is 11.8. The summed E-state index contributed by atoms with van der Waals surface area (Å²) in [6, 6.07) is 3.56. The van der Waals surface area contributed by atoms with Crippen LogP contribution in [0.1, 0.15) is 22.8 Å². The zero-order chi connectivity index (χ0) is 15.1. The number of ether oxygens (including phenoxy) is 1. The van der Waals surface area contributed by atoms with E-state index in [1.807, 2.05) is 0 Å². The number of carbonyl (C=O) groups is 2. The van der Waals surface area contributed by atoms with Gasteiger partial charge in [-0.05, 0) is 31.5 Å². The second kappa shape index (κ2) is 7.59. The Balaban J connectivity index is 2.58. The summed E-state index contributed by atoms with van der Waals surface area (Å²) >= 11 is 0. The molecule has 5 nitrogen and oxygen atoms in total. The van der Waals surface area contributed by atoms with Crippen molar-refractivity contribution in [3.63, 3.8) is 0 Å². The number of hydrogen-bond donors (Lipinski definition) is 2. The predicted molar refractivity (Wildman–Crippen MR) is 73.0 cm³/mol. The lowest BCUT2D eigenvalue weighted by atomic mass is 10.1. The Hall–Kier alpha value is -1.95. The summed E-state index contributed by atoms with van der Waals surface area (Å²) in [6.07, 6.45) is 0. The van der Waals surface area contributed by atoms with Crippen LogP contribution in [-0.4, -0.2) is 38.1 Å². The lowest BCUT2D eigenvalue weighted by Crippen LogP contribution is -2.45. The largest absolute Gasteiger partial charge is 0.383 e. The first-order valence-electron chi connectivity index (χ1n) is 6.29. The Morgan fingerprint density at radius 2 is 2.10 bits per heavy atom. The van der Waals surface area contributed by atoms with Gasteiger partial charge in [0.05, 0.1) is 12.2 Å². The molecular weight excluding hydrogens is 263 g/mol. The van der Waals surface area contributed by atoms with Crippen LogP contribution in [0.4, 0.5) is 4.39 Å². The van der Waals surface area contributed by atoms with E-state index in [1.165, 1.54) is 26.2 Å². The summed E-state index contributed by atoms with van der Waals surface area (Å²) in [7, 11) is 1.53. The van der Waals surface area contributed by atoms with E-state index >= 15 is 0 Å². The Kier molecular flexibility index (Phi) is 6.11. The maximum absolute atomic E-state index is 13.6. The molecule has 0 spiro atoms. The van der Waals surface area contributed by atoms with E-state index in [9.17, 15) is 14.0 Å². The molecule has 0 aliphatic carbocycles. The third-order valence-electron chi connectivity index (χ3n) is 2.72. The van der Waals surface area contributed by atoms with Crippen LogP contribution in [-0.2, 0) is 9.53 Å². The average Bonchev–Trinajstić information content (AvgIpc) is 2.38. The molecule has 6 heteroatoms. The van der Waals surface area contributed by atoms with E-state index in [1.54, 1.807) is 13.0 Å². The molecule has 20 heavy (non-hydrogen) atoms. The summed E-state index contributed by atoms with van der Waals surface area (Å²) in [5.41, 5.74) is 0.650. The molecule has 1 unspecified atom stereocenters. The summed E-state index contributed by atoms with van der Waals surface area (Å²) < 4.78 is 18.4. The monoisotopic (exact) mass is 282 g/mol. The van der Waals surface area contributed by atoms with Gasteiger partial charge >= 0.3 is 0 Å². The Morgan fingerprint density at radius 1 is 1.40 bits per heavy atom.